The summed E-state index contributed by atoms with van der Waals surface area (Å²) in [6.07, 6.45) is 4.44. The van der Waals surface area contributed by atoms with E-state index in [2.05, 4.69) is 52.2 Å². The van der Waals surface area contributed by atoms with Crippen molar-refractivity contribution >= 4 is 83.9 Å². The number of aliphatic hydroxyl groups is 2. The Labute approximate surface area is 517 Å². The zero-order chi connectivity index (χ0) is 63.3. The van der Waals surface area contributed by atoms with Crippen molar-refractivity contribution < 1.29 is 60.3 Å². The number of methoxy groups -OCH3 is 1. The van der Waals surface area contributed by atoms with Crippen molar-refractivity contribution in [2.75, 3.05) is 83.9 Å². The third kappa shape index (κ3) is 24.8. The first-order valence-corrected chi connectivity index (χ1v) is 33.1. The number of thiophene rings is 1. The first-order chi connectivity index (χ1) is 39.9. The van der Waals surface area contributed by atoms with Crippen LogP contribution in [0, 0.1) is 16.7 Å². The topological polar surface area (TPSA) is 305 Å². The maximum absolute atomic E-state index is 12.7. The SMILES string of the molecule is CC(C)NCC(O)COc1ccc(CCOCC2CC2)cc1.CCCC(O)c1ccc(OC(=O)C(C)(C)C)c(OC(=O)C(C)(C)C)c1.CCN[C@H]1CN(CCCOC)S(=O)(=O)c2sc(S(N)(=O)=O)cc21.Nc1cc(Cl)c(NC2=NCCN2)c(Cl)c1. The lowest BCUT2D eigenvalue weighted by molar-refractivity contribution is -0.145. The smallest absolute Gasteiger partial charge is 0.316 e. The number of likely N-dealkylation sites (N-methyl/N-ethyl adjacent to an activating group) is 1. The van der Waals surface area contributed by atoms with Gasteiger partial charge in [-0.15, -0.1) is 11.3 Å². The fourth-order valence-electron chi connectivity index (χ4n) is 7.74. The minimum Gasteiger partial charge on any atom is -0.491 e. The molecule has 26 heteroatoms. The number of nitrogens with zero attached hydrogens (tertiary/aromatic N) is 2. The molecule has 3 atom stereocenters. The third-order valence-electron chi connectivity index (χ3n) is 12.8. The van der Waals surface area contributed by atoms with E-state index in [-0.39, 0.29) is 32.5 Å². The number of halogens is 2. The number of primary sulfonamides is 1. The van der Waals surface area contributed by atoms with Crippen LogP contribution in [0.5, 0.6) is 17.2 Å². The van der Waals surface area contributed by atoms with E-state index in [1.807, 2.05) is 26.0 Å². The molecule has 1 aliphatic carbocycles. The summed E-state index contributed by atoms with van der Waals surface area (Å²) >= 11 is 12.7. The fourth-order valence-corrected chi connectivity index (χ4v) is 12.6. The number of aliphatic imine (C=N–C) groups is 1. The summed E-state index contributed by atoms with van der Waals surface area (Å²) in [6.45, 7) is 24.3. The zero-order valence-electron chi connectivity index (χ0n) is 50.9. The minimum atomic E-state index is -3.94. The fraction of sp³-hybridized carbons (Fsp3) is 0.576. The first kappa shape index (κ1) is 72.8. The molecule has 4 aromatic rings. The lowest BCUT2D eigenvalue weighted by Gasteiger charge is -2.32. The van der Waals surface area contributed by atoms with E-state index in [0.717, 1.165) is 50.8 Å². The number of nitrogens with two attached hydrogens (primary N) is 2. The molecule has 3 heterocycles. The molecule has 476 valence electrons. The standard InChI is InChI=1S/C20H30O5.C18H29NO3.C12H21N3O5S3.C9H10Cl2N4/c1-8-9-14(21)13-10-11-15(24-17(22)19(2,3)4)16(12-13)25-18(23)20(5,6)7;1-14(2)19-11-17(20)13-22-18-7-5-15(6-8-18)9-10-21-12-16-3-4-16;1-3-14-10-8-15(5-4-6-20-2)23(18,19)12-9(10)7-11(21-12)22(13,16)17;10-6-3-5(12)4-7(11)8(6)15-9-13-1-2-14-9/h10-12,14,21H,8-9H2,1-7H3;5-8,14,16-17,19-20H,3-4,9-13H2,1-2H3;7,10,14H,3-6,8H2,1-2H3,(H2,13,16,17);3-4H,1-2,12H2,(H2,13,14,15)/t;;10-;/m..0./s1. The summed E-state index contributed by atoms with van der Waals surface area (Å²) in [7, 11) is -6.10. The highest BCUT2D eigenvalue weighted by molar-refractivity contribution is 7.94. The Morgan fingerprint density at radius 2 is 1.56 bits per heavy atom. The third-order valence-corrected chi connectivity index (χ3v) is 18.3. The molecule has 2 unspecified atom stereocenters. The zero-order valence-corrected chi connectivity index (χ0v) is 54.9. The molecular formula is C59H90Cl2N8O13S3. The molecule has 1 saturated carbocycles. The molecule has 10 N–H and O–H groups in total. The lowest BCUT2D eigenvalue weighted by atomic mass is 9.97. The van der Waals surface area contributed by atoms with Gasteiger partial charge < -0.3 is 60.9 Å². The Kier molecular flexibility index (Phi) is 29.3. The number of hydrogen-bond acceptors (Lipinski definition) is 20. The van der Waals surface area contributed by atoms with Crippen molar-refractivity contribution in [2.24, 2.45) is 26.9 Å². The van der Waals surface area contributed by atoms with E-state index < -0.39 is 55.0 Å². The number of rotatable bonds is 24. The van der Waals surface area contributed by atoms with Gasteiger partial charge in [0.15, 0.2) is 17.5 Å². The van der Waals surface area contributed by atoms with E-state index in [4.69, 9.17) is 57.8 Å². The quantitative estimate of drug-likeness (QED) is 0.0141. The Morgan fingerprint density at radius 3 is 2.11 bits per heavy atom. The summed E-state index contributed by atoms with van der Waals surface area (Å²) in [5.74, 6) is 1.75. The summed E-state index contributed by atoms with van der Waals surface area (Å²) in [4.78, 5) is 28.6. The van der Waals surface area contributed by atoms with E-state index in [1.165, 1.54) is 28.8 Å². The number of benzene rings is 3. The summed E-state index contributed by atoms with van der Waals surface area (Å²) < 4.78 is 76.9. The molecule has 1 fully saturated rings. The molecule has 3 aromatic carbocycles. The lowest BCUT2D eigenvalue weighted by Crippen LogP contribution is -2.43. The second kappa shape index (κ2) is 34.2. The van der Waals surface area contributed by atoms with E-state index in [0.29, 0.717) is 102 Å². The number of carbonyl (C=O) groups excluding carboxylic acids is 2. The molecule has 0 saturated heterocycles. The minimum absolute atomic E-state index is 0.0520. The Bertz CT molecular complexity index is 3000. The van der Waals surface area contributed by atoms with Crippen molar-refractivity contribution in [3.05, 3.63) is 87.4 Å². The highest BCUT2D eigenvalue weighted by atomic mass is 35.5. The molecule has 7 rings (SSSR count). The number of hydrogen-bond donors (Lipinski definition) is 8. The number of aliphatic hydroxyl groups excluding tert-OH is 2. The Morgan fingerprint density at radius 1 is 0.929 bits per heavy atom. The molecule has 1 aromatic heterocycles. The van der Waals surface area contributed by atoms with E-state index in [9.17, 15) is 36.6 Å². The van der Waals surface area contributed by atoms with Gasteiger partial charge in [0, 0.05) is 69.8 Å². The average Bonchev–Trinajstić information content (AvgIpc) is 1.86. The van der Waals surface area contributed by atoms with Crippen LogP contribution in [0.1, 0.15) is 130 Å². The maximum atomic E-state index is 12.7. The highest BCUT2D eigenvalue weighted by Gasteiger charge is 2.40. The number of ether oxygens (including phenoxy) is 5. The monoisotopic (exact) mass is 1280 g/mol. The van der Waals surface area contributed by atoms with Crippen molar-refractivity contribution in [1.29, 1.82) is 0 Å². The predicted molar refractivity (Wildman–Crippen MR) is 337 cm³/mol. The predicted octanol–water partition coefficient (Wildman–Crippen LogP) is 8.85. The Hall–Kier alpha value is -4.67. The van der Waals surface area contributed by atoms with E-state index in [1.54, 1.807) is 79.0 Å². The van der Waals surface area contributed by atoms with Gasteiger partial charge in [-0.25, -0.2) is 22.0 Å². The molecule has 3 aliphatic rings. The summed E-state index contributed by atoms with van der Waals surface area (Å²) in [6, 6.07) is 17.6. The van der Waals surface area contributed by atoms with Gasteiger partial charge in [-0.05, 0) is 140 Å². The normalized spacial score (nSPS) is 16.4. The van der Waals surface area contributed by atoms with Crippen LogP contribution < -0.4 is 46.4 Å². The van der Waals surface area contributed by atoms with Gasteiger partial charge in [-0.3, -0.25) is 14.6 Å². The molecule has 21 nitrogen and oxygen atoms in total. The van der Waals surface area contributed by atoms with Crippen LogP contribution in [0.15, 0.2) is 74.1 Å². The number of carbonyl (C=O) groups is 2. The van der Waals surface area contributed by atoms with Crippen LogP contribution in [0.2, 0.25) is 10.0 Å². The van der Waals surface area contributed by atoms with Gasteiger partial charge in [-0.1, -0.05) is 75.5 Å². The van der Waals surface area contributed by atoms with Crippen LogP contribution in [0.4, 0.5) is 11.4 Å². The second-order valence-electron chi connectivity index (χ2n) is 23.0. The van der Waals surface area contributed by atoms with E-state index >= 15 is 0 Å². The van der Waals surface area contributed by atoms with Gasteiger partial charge in [0.2, 0.25) is 10.0 Å². The number of fused-ring (bicyclic) bond motifs is 1. The molecule has 2 aliphatic heterocycles. The van der Waals surface area contributed by atoms with Crippen molar-refractivity contribution in [3.8, 4) is 17.2 Å². The van der Waals surface area contributed by atoms with Crippen LogP contribution in [0.3, 0.4) is 0 Å². The summed E-state index contributed by atoms with van der Waals surface area (Å²) in [5, 5.41) is 38.6. The average molecular weight is 1290 g/mol. The van der Waals surface area contributed by atoms with Crippen LogP contribution in [0.25, 0.3) is 0 Å². The molecule has 0 radical (unpaired) electrons. The van der Waals surface area contributed by atoms with Gasteiger partial charge in [0.1, 0.15) is 26.9 Å². The Balaban J connectivity index is 0.000000246. The van der Waals surface area contributed by atoms with Gasteiger partial charge >= 0.3 is 11.9 Å². The molecule has 0 bridgehead atoms. The molecule has 0 amide bonds. The number of nitrogen functional groups attached to an aromatic ring is 1. The molecule has 0 spiro atoms. The molecular weight excluding hydrogens is 1200 g/mol. The highest BCUT2D eigenvalue weighted by Crippen LogP contribution is 2.40. The van der Waals surface area contributed by atoms with Crippen molar-refractivity contribution in [3.63, 3.8) is 0 Å². The number of sulfonamides is 2. The van der Waals surface area contributed by atoms with Gasteiger partial charge in [0.25, 0.3) is 10.0 Å². The summed E-state index contributed by atoms with van der Waals surface area (Å²) in [5.41, 5.74) is 7.71. The number of nitrogens with one attached hydrogen (secondary N) is 4. The van der Waals surface area contributed by atoms with Gasteiger partial charge in [0.05, 0.1) is 45.8 Å². The number of anilines is 2. The largest absolute Gasteiger partial charge is 0.491 e. The second-order valence-corrected chi connectivity index (χ2v) is 28.8. The first-order valence-electron chi connectivity index (χ1n) is 28.5. The van der Waals surface area contributed by atoms with Crippen LogP contribution >= 0.6 is 34.5 Å². The number of esters is 2. The van der Waals surface area contributed by atoms with Crippen LogP contribution in [-0.2, 0) is 45.5 Å². The molecule has 85 heavy (non-hydrogen) atoms. The van der Waals surface area contributed by atoms with Gasteiger partial charge in [-0.2, -0.15) is 4.31 Å². The maximum Gasteiger partial charge on any atom is 0.316 e. The van der Waals surface area contributed by atoms with Crippen molar-refractivity contribution in [2.45, 2.75) is 140 Å². The number of guanidine groups is 1. The van der Waals surface area contributed by atoms with Crippen LogP contribution in [-0.4, -0.2) is 134 Å². The van der Waals surface area contributed by atoms with Crippen molar-refractivity contribution in [1.82, 2.24) is 20.3 Å².